The molecule has 9 nitrogen and oxygen atoms in total. The Morgan fingerprint density at radius 2 is 1.83 bits per heavy atom. The van der Waals surface area contributed by atoms with Crippen LogP contribution in [0.15, 0.2) is 29.0 Å². The van der Waals surface area contributed by atoms with Crippen LogP contribution in [0.1, 0.15) is 30.9 Å². The third kappa shape index (κ3) is 2.28. The molecule has 0 heterocycles. The van der Waals surface area contributed by atoms with Crippen LogP contribution in [0.4, 0.5) is 0 Å². The van der Waals surface area contributed by atoms with Gasteiger partial charge in [-0.2, -0.15) is 0 Å². The van der Waals surface area contributed by atoms with Crippen molar-refractivity contribution in [3.63, 3.8) is 0 Å². The Balaban J connectivity index is 2.03. The number of rotatable bonds is 1. The Bertz CT molecular complexity index is 1120. The number of amides is 1. The molecule has 4 unspecified atom stereocenters. The molecular weight excluding hydrogens is 418 g/mol. The number of hydrogen-bond donors (Lipinski definition) is 6. The molecule has 0 spiro atoms. The molecule has 30 heavy (non-hydrogen) atoms. The lowest BCUT2D eigenvalue weighted by atomic mass is 9.56. The van der Waals surface area contributed by atoms with Gasteiger partial charge in [0, 0.05) is 34.4 Å². The number of aliphatic hydroxyl groups is 4. The number of carbonyl (C=O) groups excluding carboxylic acids is 3. The van der Waals surface area contributed by atoms with Crippen LogP contribution < -0.4 is 5.73 Å². The number of phenols is 1. The Morgan fingerprint density at radius 3 is 2.43 bits per heavy atom. The Kier molecular flexibility index (Phi) is 4.12. The minimum atomic E-state index is -2.69. The first-order valence-electron chi connectivity index (χ1n) is 9.06. The van der Waals surface area contributed by atoms with Gasteiger partial charge in [0.15, 0.2) is 11.4 Å². The van der Waals surface area contributed by atoms with E-state index in [2.05, 4.69) is 0 Å². The molecule has 3 aliphatic rings. The SMILES string of the molecule is CC1(O)c2c(Cl)ccc(O)c2C(O)=C2C(=O)C3(O)C(O)=C(C(N)=O)C(=O)CC3CC21. The molecule has 1 aromatic rings. The van der Waals surface area contributed by atoms with Crippen LogP contribution in [0.5, 0.6) is 5.75 Å². The number of primary amides is 1. The average molecular weight is 436 g/mol. The Labute approximate surface area is 174 Å². The fourth-order valence-corrected chi connectivity index (χ4v) is 5.30. The van der Waals surface area contributed by atoms with Gasteiger partial charge in [0.05, 0.1) is 11.2 Å². The molecule has 158 valence electrons. The van der Waals surface area contributed by atoms with Crippen molar-refractivity contribution >= 4 is 34.8 Å². The largest absolute Gasteiger partial charge is 0.508 e. The van der Waals surface area contributed by atoms with E-state index < -0.39 is 75.3 Å². The highest BCUT2D eigenvalue weighted by Gasteiger charge is 2.63. The van der Waals surface area contributed by atoms with E-state index in [1.54, 1.807) is 0 Å². The van der Waals surface area contributed by atoms with Crippen molar-refractivity contribution in [1.29, 1.82) is 0 Å². The van der Waals surface area contributed by atoms with Gasteiger partial charge in [-0.05, 0) is 25.5 Å². The summed E-state index contributed by atoms with van der Waals surface area (Å²) in [6.07, 6.45) is -0.687. The number of carbonyl (C=O) groups is 3. The third-order valence-corrected chi connectivity index (χ3v) is 6.73. The summed E-state index contributed by atoms with van der Waals surface area (Å²) in [5.74, 6) is -8.01. The number of aromatic hydroxyl groups is 1. The fourth-order valence-electron chi connectivity index (χ4n) is 4.95. The topological polar surface area (TPSA) is 178 Å². The van der Waals surface area contributed by atoms with Crippen molar-refractivity contribution in [2.75, 3.05) is 0 Å². The lowest BCUT2D eigenvalue weighted by molar-refractivity contribution is -0.152. The predicted molar refractivity (Wildman–Crippen MR) is 102 cm³/mol. The van der Waals surface area contributed by atoms with Gasteiger partial charge in [-0.15, -0.1) is 0 Å². The third-order valence-electron chi connectivity index (χ3n) is 6.41. The molecule has 1 fully saturated rings. The molecule has 0 saturated heterocycles. The van der Waals surface area contributed by atoms with Crippen LogP contribution >= 0.6 is 11.6 Å². The summed E-state index contributed by atoms with van der Waals surface area (Å²) in [4.78, 5) is 37.3. The Hall–Kier alpha value is -2.88. The second-order valence-corrected chi connectivity index (χ2v) is 8.43. The van der Waals surface area contributed by atoms with E-state index in [0.29, 0.717) is 0 Å². The first-order chi connectivity index (χ1) is 13.8. The quantitative estimate of drug-likeness (QED) is 0.349. The molecule has 7 N–H and O–H groups in total. The van der Waals surface area contributed by atoms with Gasteiger partial charge < -0.3 is 31.3 Å². The van der Waals surface area contributed by atoms with E-state index in [0.717, 1.165) is 0 Å². The lowest BCUT2D eigenvalue weighted by Gasteiger charge is -2.50. The minimum Gasteiger partial charge on any atom is -0.508 e. The summed E-state index contributed by atoms with van der Waals surface area (Å²) in [5, 5.41) is 54.0. The van der Waals surface area contributed by atoms with Crippen molar-refractivity contribution < 1.29 is 39.9 Å². The molecule has 0 aliphatic heterocycles. The van der Waals surface area contributed by atoms with Crippen molar-refractivity contribution in [2.45, 2.75) is 31.0 Å². The maximum absolute atomic E-state index is 13.4. The zero-order valence-corrected chi connectivity index (χ0v) is 16.4. The second-order valence-electron chi connectivity index (χ2n) is 8.02. The van der Waals surface area contributed by atoms with Gasteiger partial charge in [0.1, 0.15) is 22.8 Å². The summed E-state index contributed by atoms with van der Waals surface area (Å²) < 4.78 is 0. The molecule has 1 aromatic carbocycles. The molecule has 4 rings (SSSR count). The van der Waals surface area contributed by atoms with Crippen molar-refractivity contribution in [1.82, 2.24) is 0 Å². The van der Waals surface area contributed by atoms with Crippen LogP contribution in [0, 0.1) is 11.8 Å². The standard InChI is InChI=1S/C20H18ClNO8/c1-19(29)7-4-6-5-10(24)13(18(22)28)17(27)20(6,30)16(26)11(7)15(25)12-9(23)3-2-8(21)14(12)19/h2-3,6-7,23,25,27,29-30H,4-5H2,1H3,(H2,22,28). The summed E-state index contributed by atoms with van der Waals surface area (Å²) >= 11 is 6.20. The molecule has 0 bridgehead atoms. The van der Waals surface area contributed by atoms with E-state index in [1.165, 1.54) is 19.1 Å². The monoisotopic (exact) mass is 435 g/mol. The van der Waals surface area contributed by atoms with Crippen LogP contribution in [0.25, 0.3) is 5.76 Å². The number of fused-ring (bicyclic) bond motifs is 3. The van der Waals surface area contributed by atoms with Gasteiger partial charge in [-0.3, -0.25) is 14.4 Å². The van der Waals surface area contributed by atoms with Crippen molar-refractivity contribution in [3.8, 4) is 5.75 Å². The number of aliphatic hydroxyl groups excluding tert-OH is 2. The molecule has 0 aromatic heterocycles. The fraction of sp³-hybridized carbons (Fsp3) is 0.350. The van der Waals surface area contributed by atoms with Gasteiger partial charge >= 0.3 is 0 Å². The number of ketones is 2. The van der Waals surface area contributed by atoms with E-state index in [1.807, 2.05) is 0 Å². The van der Waals surface area contributed by atoms with Gasteiger partial charge in [0.2, 0.25) is 5.78 Å². The highest BCUT2D eigenvalue weighted by Crippen LogP contribution is 2.57. The minimum absolute atomic E-state index is 0.00613. The lowest BCUT2D eigenvalue weighted by Crippen LogP contribution is -2.60. The van der Waals surface area contributed by atoms with Crippen molar-refractivity contribution in [3.05, 3.63) is 45.2 Å². The summed E-state index contributed by atoms with van der Waals surface area (Å²) in [6, 6.07) is 2.49. The van der Waals surface area contributed by atoms with Crippen LogP contribution in [0.3, 0.4) is 0 Å². The van der Waals surface area contributed by atoms with E-state index >= 15 is 0 Å². The zero-order valence-electron chi connectivity index (χ0n) is 15.6. The van der Waals surface area contributed by atoms with Gasteiger partial charge in [-0.25, -0.2) is 0 Å². The van der Waals surface area contributed by atoms with Crippen LogP contribution in [-0.2, 0) is 20.0 Å². The average Bonchev–Trinajstić information content (AvgIpc) is 2.64. The molecule has 1 saturated carbocycles. The maximum Gasteiger partial charge on any atom is 0.255 e. The molecular formula is C20H18ClNO8. The first-order valence-corrected chi connectivity index (χ1v) is 9.44. The summed E-state index contributed by atoms with van der Waals surface area (Å²) in [5.41, 5.74) is -1.05. The molecule has 1 amide bonds. The molecule has 0 radical (unpaired) electrons. The van der Waals surface area contributed by atoms with Crippen molar-refractivity contribution in [2.24, 2.45) is 17.6 Å². The molecule has 3 aliphatic carbocycles. The van der Waals surface area contributed by atoms with Gasteiger partial charge in [0.25, 0.3) is 5.91 Å². The zero-order chi connectivity index (χ0) is 22.3. The number of benzene rings is 1. The number of Topliss-reactive ketones (excluding diaryl/α,β-unsaturated/α-hetero) is 2. The molecule has 4 atom stereocenters. The van der Waals surface area contributed by atoms with Gasteiger partial charge in [-0.1, -0.05) is 11.6 Å². The number of hydrogen-bond acceptors (Lipinski definition) is 8. The highest BCUT2D eigenvalue weighted by atomic mass is 35.5. The molecule has 10 heteroatoms. The maximum atomic E-state index is 13.4. The number of phenolic OH excluding ortho intramolecular Hbond substituents is 1. The first kappa shape index (κ1) is 20.4. The van der Waals surface area contributed by atoms with E-state index in [9.17, 15) is 39.9 Å². The Morgan fingerprint density at radius 1 is 1.20 bits per heavy atom. The smallest absolute Gasteiger partial charge is 0.255 e. The van der Waals surface area contributed by atoms with E-state index in [4.69, 9.17) is 17.3 Å². The second kappa shape index (κ2) is 6.07. The normalized spacial score (nSPS) is 33.2. The van der Waals surface area contributed by atoms with E-state index in [-0.39, 0.29) is 22.6 Å². The van der Waals surface area contributed by atoms with Crippen LogP contribution in [-0.4, -0.2) is 48.6 Å². The highest BCUT2D eigenvalue weighted by molar-refractivity contribution is 6.32. The number of nitrogens with two attached hydrogens (primary N) is 1. The predicted octanol–water partition coefficient (Wildman–Crippen LogP) is 0.742. The van der Waals surface area contributed by atoms with Crippen LogP contribution in [0.2, 0.25) is 5.02 Å². The summed E-state index contributed by atoms with van der Waals surface area (Å²) in [7, 11) is 0. The number of halogens is 1. The summed E-state index contributed by atoms with van der Waals surface area (Å²) in [6.45, 7) is 1.33.